The van der Waals surface area contributed by atoms with Gasteiger partial charge in [-0.15, -0.1) is 24.0 Å². The van der Waals surface area contributed by atoms with Crippen molar-refractivity contribution in [2.24, 2.45) is 10.9 Å². The van der Waals surface area contributed by atoms with Crippen LogP contribution in [-0.4, -0.2) is 54.9 Å². The van der Waals surface area contributed by atoms with Crippen LogP contribution >= 0.6 is 24.0 Å². The van der Waals surface area contributed by atoms with Gasteiger partial charge < -0.3 is 15.1 Å². The predicted octanol–water partition coefficient (Wildman–Crippen LogP) is 4.43. The normalized spacial score (nSPS) is 16.0. The van der Waals surface area contributed by atoms with Crippen LogP contribution in [0.1, 0.15) is 41.8 Å². The van der Waals surface area contributed by atoms with Gasteiger partial charge in [0.2, 0.25) is 0 Å². The molecule has 1 aliphatic rings. The van der Waals surface area contributed by atoms with E-state index in [0.29, 0.717) is 12.5 Å². The number of guanidine groups is 1. The summed E-state index contributed by atoms with van der Waals surface area (Å²) in [7, 11) is 1.85. The second kappa shape index (κ2) is 12.7. The Morgan fingerprint density at radius 3 is 2.35 bits per heavy atom. The summed E-state index contributed by atoms with van der Waals surface area (Å²) in [5.74, 6) is 1.71. The quantitative estimate of drug-likeness (QED) is 0.325. The first-order valence-corrected chi connectivity index (χ1v) is 11.0. The zero-order chi connectivity index (χ0) is 21.3. The third kappa shape index (κ3) is 6.95. The van der Waals surface area contributed by atoms with Crippen molar-refractivity contribution in [1.82, 2.24) is 15.1 Å². The van der Waals surface area contributed by atoms with Crippen molar-refractivity contribution in [2.75, 3.05) is 33.2 Å². The molecule has 6 heteroatoms. The van der Waals surface area contributed by atoms with Crippen molar-refractivity contribution in [1.29, 1.82) is 0 Å². The van der Waals surface area contributed by atoms with Crippen LogP contribution in [0.25, 0.3) is 0 Å². The van der Waals surface area contributed by atoms with Crippen molar-refractivity contribution in [3.05, 3.63) is 71.3 Å². The highest BCUT2D eigenvalue weighted by Gasteiger charge is 2.24. The van der Waals surface area contributed by atoms with E-state index in [1.807, 2.05) is 50.1 Å². The van der Waals surface area contributed by atoms with Crippen molar-refractivity contribution in [2.45, 2.75) is 33.2 Å². The Bertz CT molecular complexity index is 834. The Kier molecular flexibility index (Phi) is 10.3. The van der Waals surface area contributed by atoms with Gasteiger partial charge in [0.25, 0.3) is 5.91 Å². The van der Waals surface area contributed by atoms with Gasteiger partial charge in [-0.1, -0.05) is 42.5 Å². The van der Waals surface area contributed by atoms with Crippen LogP contribution in [0.5, 0.6) is 0 Å². The lowest BCUT2D eigenvalue weighted by Crippen LogP contribution is -2.39. The van der Waals surface area contributed by atoms with E-state index in [4.69, 9.17) is 0 Å². The average Bonchev–Trinajstić information content (AvgIpc) is 3.24. The number of hydrogen-bond donors (Lipinski definition) is 1. The van der Waals surface area contributed by atoms with E-state index in [2.05, 4.69) is 45.5 Å². The van der Waals surface area contributed by atoms with Gasteiger partial charge in [-0.3, -0.25) is 9.79 Å². The van der Waals surface area contributed by atoms with Crippen molar-refractivity contribution in [3.8, 4) is 0 Å². The molecule has 0 saturated carbocycles. The molecule has 1 N–H and O–H groups in total. The summed E-state index contributed by atoms with van der Waals surface area (Å²) in [6.45, 7) is 8.25. The number of halogens is 1. The molecule has 1 fully saturated rings. The number of aliphatic imine (C=N–C) groups is 1. The molecule has 0 spiro atoms. The highest BCUT2D eigenvalue weighted by atomic mass is 127. The number of amides is 1. The molecule has 3 rings (SSSR count). The Morgan fingerprint density at radius 2 is 1.74 bits per heavy atom. The molecule has 2 aromatic rings. The Labute approximate surface area is 203 Å². The van der Waals surface area contributed by atoms with Crippen molar-refractivity contribution < 1.29 is 4.79 Å². The second-order valence-electron chi connectivity index (χ2n) is 7.87. The van der Waals surface area contributed by atoms with Gasteiger partial charge in [-0.05, 0) is 55.9 Å². The molecule has 168 valence electrons. The lowest BCUT2D eigenvalue weighted by molar-refractivity contribution is 0.0773. The smallest absolute Gasteiger partial charge is 0.253 e. The monoisotopic (exact) mass is 534 g/mol. The molecule has 1 unspecified atom stereocenters. The summed E-state index contributed by atoms with van der Waals surface area (Å²) in [6.07, 6.45) is 2.31. The van der Waals surface area contributed by atoms with Crippen LogP contribution in [-0.2, 0) is 13.0 Å². The number of nitrogens with one attached hydrogen (secondary N) is 1. The number of carbonyl (C=O) groups is 1. The van der Waals surface area contributed by atoms with Gasteiger partial charge in [0.05, 0.1) is 0 Å². The summed E-state index contributed by atoms with van der Waals surface area (Å²) < 4.78 is 0. The number of benzene rings is 2. The highest BCUT2D eigenvalue weighted by Crippen LogP contribution is 2.21. The number of likely N-dealkylation sites (tertiary alicyclic amines) is 1. The minimum atomic E-state index is 0. The molecule has 2 aromatic carbocycles. The van der Waals surface area contributed by atoms with E-state index in [-0.39, 0.29) is 29.9 Å². The molecular weight excluding hydrogens is 499 g/mol. The summed E-state index contributed by atoms with van der Waals surface area (Å²) in [5.41, 5.74) is 3.30. The van der Waals surface area contributed by atoms with Crippen LogP contribution in [0.4, 0.5) is 0 Å². The van der Waals surface area contributed by atoms with Gasteiger partial charge in [-0.25, -0.2) is 0 Å². The first-order chi connectivity index (χ1) is 14.6. The summed E-state index contributed by atoms with van der Waals surface area (Å²) >= 11 is 0. The molecule has 0 aromatic heterocycles. The highest BCUT2D eigenvalue weighted by molar-refractivity contribution is 14.0. The fourth-order valence-electron chi connectivity index (χ4n) is 4.11. The van der Waals surface area contributed by atoms with Crippen molar-refractivity contribution in [3.63, 3.8) is 0 Å². The van der Waals surface area contributed by atoms with Crippen LogP contribution in [0.3, 0.4) is 0 Å². The minimum absolute atomic E-state index is 0. The fraction of sp³-hybridized carbons (Fsp3) is 0.440. The number of carbonyl (C=O) groups excluding carboxylic acids is 1. The molecule has 1 heterocycles. The molecule has 0 radical (unpaired) electrons. The Balaban J connectivity index is 0.00000341. The summed E-state index contributed by atoms with van der Waals surface area (Å²) in [5, 5.41) is 3.49. The second-order valence-corrected chi connectivity index (χ2v) is 7.87. The molecule has 1 atom stereocenters. The number of nitrogens with zero attached hydrogens (tertiary/aromatic N) is 3. The number of hydrogen-bond acceptors (Lipinski definition) is 2. The molecule has 1 saturated heterocycles. The molecule has 1 amide bonds. The molecule has 0 aliphatic carbocycles. The van der Waals surface area contributed by atoms with E-state index in [1.54, 1.807) is 0 Å². The maximum absolute atomic E-state index is 12.5. The van der Waals surface area contributed by atoms with E-state index < -0.39 is 0 Å². The van der Waals surface area contributed by atoms with Crippen LogP contribution < -0.4 is 5.32 Å². The standard InChI is InChI=1S/C25H34N4O.HI/c1-4-28(5-2)24(30)23-13-11-21(12-14-23)18-27-25(26-3)29-16-15-22(19-29)17-20-9-7-6-8-10-20;/h6-14,22H,4-5,15-19H2,1-3H3,(H,26,27);1H. The van der Waals surface area contributed by atoms with Crippen LogP contribution in [0, 0.1) is 5.92 Å². The zero-order valence-corrected chi connectivity index (χ0v) is 21.2. The molecule has 1 aliphatic heterocycles. The maximum Gasteiger partial charge on any atom is 0.253 e. The first kappa shape index (κ1) is 25.2. The fourth-order valence-corrected chi connectivity index (χ4v) is 4.11. The zero-order valence-electron chi connectivity index (χ0n) is 18.9. The predicted molar refractivity (Wildman–Crippen MR) is 139 cm³/mol. The topological polar surface area (TPSA) is 47.9 Å². The largest absolute Gasteiger partial charge is 0.352 e. The van der Waals surface area contributed by atoms with Gasteiger partial charge in [0.1, 0.15) is 0 Å². The lowest BCUT2D eigenvalue weighted by atomic mass is 9.99. The third-order valence-electron chi connectivity index (χ3n) is 5.87. The Hall–Kier alpha value is -2.09. The van der Waals surface area contributed by atoms with Crippen molar-refractivity contribution >= 4 is 35.8 Å². The van der Waals surface area contributed by atoms with Gasteiger partial charge in [-0.2, -0.15) is 0 Å². The van der Waals surface area contributed by atoms with E-state index in [0.717, 1.165) is 49.7 Å². The maximum atomic E-state index is 12.5. The van der Waals surface area contributed by atoms with E-state index >= 15 is 0 Å². The average molecular weight is 534 g/mol. The lowest BCUT2D eigenvalue weighted by Gasteiger charge is -2.22. The summed E-state index contributed by atoms with van der Waals surface area (Å²) in [6, 6.07) is 18.6. The first-order valence-electron chi connectivity index (χ1n) is 11.0. The SMILES string of the molecule is CCN(CC)C(=O)c1ccc(CNC(=NC)N2CCC(Cc3ccccc3)C2)cc1.I. The van der Waals surface area contributed by atoms with Gasteiger partial charge in [0.15, 0.2) is 5.96 Å². The minimum Gasteiger partial charge on any atom is -0.352 e. The van der Waals surface area contributed by atoms with E-state index in [1.165, 1.54) is 12.0 Å². The molecule has 5 nitrogen and oxygen atoms in total. The number of rotatable bonds is 7. The van der Waals surface area contributed by atoms with E-state index in [9.17, 15) is 4.79 Å². The molecule has 0 bridgehead atoms. The Morgan fingerprint density at radius 1 is 1.06 bits per heavy atom. The van der Waals surface area contributed by atoms with Gasteiger partial charge in [0, 0.05) is 45.3 Å². The molecule has 31 heavy (non-hydrogen) atoms. The van der Waals surface area contributed by atoms with Gasteiger partial charge >= 0.3 is 0 Å². The molecular formula is C25H35IN4O. The summed E-state index contributed by atoms with van der Waals surface area (Å²) in [4.78, 5) is 21.1. The third-order valence-corrected chi connectivity index (χ3v) is 5.87. The van der Waals surface area contributed by atoms with Crippen LogP contribution in [0.15, 0.2) is 59.6 Å². The van der Waals surface area contributed by atoms with Crippen LogP contribution in [0.2, 0.25) is 0 Å².